The molecular formula is C6H6OTi+2. The second-order valence-electron chi connectivity index (χ2n) is 1.34. The van der Waals surface area contributed by atoms with E-state index < -0.39 is 0 Å². The van der Waals surface area contributed by atoms with E-state index >= 15 is 0 Å². The number of phenols is 1. The normalized spacial score (nSPS) is 7.50. The quantitative estimate of drug-likeness (QED) is 0.542. The average Bonchev–Trinajstić information content (AvgIpc) is 1.69. The zero-order chi connectivity index (χ0) is 5.11. The van der Waals surface area contributed by atoms with Crippen LogP contribution in [0.3, 0.4) is 0 Å². The van der Waals surface area contributed by atoms with Crippen LogP contribution in [0.25, 0.3) is 0 Å². The minimum absolute atomic E-state index is 0. The van der Waals surface area contributed by atoms with E-state index in [0.717, 1.165) is 0 Å². The van der Waals surface area contributed by atoms with Gasteiger partial charge in [-0.25, -0.2) is 0 Å². The molecule has 0 amide bonds. The third-order valence-corrected chi connectivity index (χ3v) is 0.756. The van der Waals surface area contributed by atoms with Crippen molar-refractivity contribution in [3.63, 3.8) is 0 Å². The Morgan fingerprint density at radius 1 is 1.00 bits per heavy atom. The molecule has 0 heterocycles. The van der Waals surface area contributed by atoms with Gasteiger partial charge >= 0.3 is 21.7 Å². The maximum absolute atomic E-state index is 8.63. The second-order valence-corrected chi connectivity index (χ2v) is 1.34. The largest absolute Gasteiger partial charge is 2.00 e. The maximum atomic E-state index is 8.63. The number of hydrogen-bond donors (Lipinski definition) is 1. The fraction of sp³-hybridized carbons (Fsp3) is 0. The predicted octanol–water partition coefficient (Wildman–Crippen LogP) is 1.39. The Hall–Kier alpha value is -0.266. The maximum Gasteiger partial charge on any atom is 2.00 e. The topological polar surface area (TPSA) is 20.2 Å². The Balaban J connectivity index is 0.000000490. The Morgan fingerprint density at radius 3 is 1.75 bits per heavy atom. The van der Waals surface area contributed by atoms with Crippen LogP contribution in [0.4, 0.5) is 0 Å². The van der Waals surface area contributed by atoms with Crippen LogP contribution in [0, 0.1) is 0 Å². The monoisotopic (exact) mass is 142 g/mol. The van der Waals surface area contributed by atoms with Crippen molar-refractivity contribution in [1.29, 1.82) is 0 Å². The summed E-state index contributed by atoms with van der Waals surface area (Å²) in [5.41, 5.74) is 0. The van der Waals surface area contributed by atoms with Gasteiger partial charge in [-0.15, -0.1) is 0 Å². The fourth-order valence-electron chi connectivity index (χ4n) is 0.428. The summed E-state index contributed by atoms with van der Waals surface area (Å²) in [4.78, 5) is 0. The number of hydrogen-bond acceptors (Lipinski definition) is 1. The van der Waals surface area contributed by atoms with Crippen LogP contribution in [-0.2, 0) is 21.7 Å². The van der Waals surface area contributed by atoms with E-state index in [9.17, 15) is 0 Å². The molecule has 38 valence electrons. The molecular weight excluding hydrogens is 136 g/mol. The Kier molecular flexibility index (Phi) is 3.58. The molecule has 8 heavy (non-hydrogen) atoms. The summed E-state index contributed by atoms with van der Waals surface area (Å²) >= 11 is 0. The molecule has 2 heteroatoms. The van der Waals surface area contributed by atoms with Crippen molar-refractivity contribution in [3.05, 3.63) is 30.3 Å². The van der Waals surface area contributed by atoms with Gasteiger partial charge in [0.05, 0.1) is 0 Å². The van der Waals surface area contributed by atoms with E-state index in [4.69, 9.17) is 5.11 Å². The second kappa shape index (κ2) is 3.70. The summed E-state index contributed by atoms with van der Waals surface area (Å²) in [6.45, 7) is 0. The van der Waals surface area contributed by atoms with Gasteiger partial charge in [-0.1, -0.05) is 18.2 Å². The van der Waals surface area contributed by atoms with Crippen molar-refractivity contribution >= 4 is 0 Å². The van der Waals surface area contributed by atoms with Crippen LogP contribution in [0.15, 0.2) is 30.3 Å². The smallest absolute Gasteiger partial charge is 0.508 e. The van der Waals surface area contributed by atoms with E-state index in [-0.39, 0.29) is 21.7 Å². The third-order valence-electron chi connectivity index (χ3n) is 0.756. The Labute approximate surface area is 63.2 Å². The summed E-state index contributed by atoms with van der Waals surface area (Å²) in [5.74, 6) is 0.322. The molecule has 1 rings (SSSR count). The van der Waals surface area contributed by atoms with Gasteiger partial charge in [0, 0.05) is 0 Å². The standard InChI is InChI=1S/C6H6O.Ti/c7-6-4-2-1-3-5-6;/h1-5,7H;/q;+2. The molecule has 0 aliphatic rings. The predicted molar refractivity (Wildman–Crippen MR) is 28.1 cm³/mol. The van der Waals surface area contributed by atoms with Crippen LogP contribution in [0.1, 0.15) is 0 Å². The molecule has 0 aliphatic heterocycles. The summed E-state index contributed by atoms with van der Waals surface area (Å²) in [6.07, 6.45) is 0. The number of aromatic hydroxyl groups is 1. The van der Waals surface area contributed by atoms with E-state index in [0.29, 0.717) is 5.75 Å². The van der Waals surface area contributed by atoms with Gasteiger partial charge in [0.25, 0.3) is 0 Å². The van der Waals surface area contributed by atoms with E-state index in [2.05, 4.69) is 0 Å². The van der Waals surface area contributed by atoms with Gasteiger partial charge in [-0.3, -0.25) is 0 Å². The molecule has 1 N–H and O–H groups in total. The molecule has 1 aromatic carbocycles. The fourth-order valence-corrected chi connectivity index (χ4v) is 0.428. The van der Waals surface area contributed by atoms with E-state index in [1.54, 1.807) is 24.3 Å². The molecule has 0 fully saturated rings. The van der Waals surface area contributed by atoms with Gasteiger partial charge in [-0.05, 0) is 12.1 Å². The zero-order valence-corrected chi connectivity index (χ0v) is 5.90. The van der Waals surface area contributed by atoms with Crippen LogP contribution in [-0.4, -0.2) is 5.11 Å². The molecule has 0 saturated carbocycles. The minimum atomic E-state index is 0. The molecule has 0 unspecified atom stereocenters. The number of benzene rings is 1. The molecule has 0 aromatic heterocycles. The molecule has 1 aromatic rings. The third kappa shape index (κ3) is 2.15. The zero-order valence-electron chi connectivity index (χ0n) is 4.33. The van der Waals surface area contributed by atoms with Crippen LogP contribution in [0.2, 0.25) is 0 Å². The molecule has 0 aliphatic carbocycles. The van der Waals surface area contributed by atoms with Gasteiger partial charge in [0.1, 0.15) is 5.75 Å². The molecule has 0 bridgehead atoms. The van der Waals surface area contributed by atoms with Gasteiger partial charge < -0.3 is 5.11 Å². The van der Waals surface area contributed by atoms with Crippen molar-refractivity contribution in [3.8, 4) is 5.75 Å². The van der Waals surface area contributed by atoms with Crippen molar-refractivity contribution in [2.75, 3.05) is 0 Å². The first kappa shape index (κ1) is 7.73. The summed E-state index contributed by atoms with van der Waals surface area (Å²) < 4.78 is 0. The average molecular weight is 142 g/mol. The number of phenolic OH excluding ortho intramolecular Hbond substituents is 1. The number of para-hydroxylation sites is 1. The van der Waals surface area contributed by atoms with Gasteiger partial charge in [0.15, 0.2) is 0 Å². The molecule has 0 atom stereocenters. The minimum Gasteiger partial charge on any atom is -0.508 e. The van der Waals surface area contributed by atoms with Crippen molar-refractivity contribution in [1.82, 2.24) is 0 Å². The molecule has 1 nitrogen and oxygen atoms in total. The first-order valence-electron chi connectivity index (χ1n) is 2.13. The molecule has 0 saturated heterocycles. The van der Waals surface area contributed by atoms with Crippen LogP contribution >= 0.6 is 0 Å². The Bertz CT molecular complexity index is 138. The van der Waals surface area contributed by atoms with Gasteiger partial charge in [0.2, 0.25) is 0 Å². The first-order valence-corrected chi connectivity index (χ1v) is 2.13. The van der Waals surface area contributed by atoms with Crippen molar-refractivity contribution in [2.45, 2.75) is 0 Å². The molecule has 0 spiro atoms. The van der Waals surface area contributed by atoms with Crippen molar-refractivity contribution in [2.24, 2.45) is 0 Å². The molecule has 0 radical (unpaired) electrons. The summed E-state index contributed by atoms with van der Waals surface area (Å²) in [5, 5.41) is 8.63. The SMILES string of the molecule is Oc1ccccc1.[Ti+2]. The van der Waals surface area contributed by atoms with Crippen LogP contribution in [0.5, 0.6) is 5.75 Å². The first-order chi connectivity index (χ1) is 3.39. The summed E-state index contributed by atoms with van der Waals surface area (Å²) in [7, 11) is 0. The van der Waals surface area contributed by atoms with Crippen molar-refractivity contribution < 1.29 is 26.8 Å². The Morgan fingerprint density at radius 2 is 1.50 bits per heavy atom. The van der Waals surface area contributed by atoms with E-state index in [1.807, 2.05) is 6.07 Å². The van der Waals surface area contributed by atoms with Gasteiger partial charge in [-0.2, -0.15) is 0 Å². The summed E-state index contributed by atoms with van der Waals surface area (Å²) in [6, 6.07) is 8.71. The van der Waals surface area contributed by atoms with E-state index in [1.165, 1.54) is 0 Å². The number of rotatable bonds is 0. The van der Waals surface area contributed by atoms with Crippen LogP contribution < -0.4 is 0 Å².